The number of hydrazone groups is 1. The Labute approximate surface area is 229 Å². The van der Waals surface area contributed by atoms with Gasteiger partial charge in [-0.25, -0.2) is 19.5 Å². The Kier molecular flexibility index (Phi) is 8.44. The molecule has 216 valence electrons. The third-order valence-electron chi connectivity index (χ3n) is 5.92. The lowest BCUT2D eigenvalue weighted by molar-refractivity contribution is -0.150. The third kappa shape index (κ3) is 6.01. The van der Waals surface area contributed by atoms with Crippen LogP contribution in [-0.4, -0.2) is 60.9 Å². The number of urea groups is 2. The lowest BCUT2D eigenvalue weighted by Gasteiger charge is -2.28. The zero-order valence-corrected chi connectivity index (χ0v) is 22.3. The first-order valence-electron chi connectivity index (χ1n) is 11.6. The summed E-state index contributed by atoms with van der Waals surface area (Å²) in [6, 6.07) is 3.79. The van der Waals surface area contributed by atoms with E-state index in [2.05, 4.69) is 5.10 Å². The number of carbonyl (C=O) groups is 3. The first kappa shape index (κ1) is 30.7. The molecular weight excluding hydrogens is 570 g/mol. The number of rotatable bonds is 4. The van der Waals surface area contributed by atoms with Crippen LogP contribution in [0.5, 0.6) is 0 Å². The Morgan fingerprint density at radius 1 is 1.02 bits per heavy atom. The molecule has 0 radical (unpaired) electrons. The van der Waals surface area contributed by atoms with Crippen LogP contribution in [0.25, 0.3) is 0 Å². The number of alkyl halides is 6. The van der Waals surface area contributed by atoms with Gasteiger partial charge >= 0.3 is 30.4 Å². The fraction of sp³-hybridized carbons (Fsp3) is 0.360. The first-order valence-corrected chi connectivity index (χ1v) is 11.9. The van der Waals surface area contributed by atoms with E-state index >= 15 is 0 Å². The van der Waals surface area contributed by atoms with Gasteiger partial charge in [0, 0.05) is 19.7 Å². The van der Waals surface area contributed by atoms with Crippen molar-refractivity contribution < 1.29 is 45.5 Å². The number of esters is 1. The van der Waals surface area contributed by atoms with Crippen LogP contribution in [0.3, 0.4) is 0 Å². The Bertz CT molecular complexity index is 1340. The molecule has 0 aromatic heterocycles. The summed E-state index contributed by atoms with van der Waals surface area (Å²) in [5.41, 5.74) is -4.27. The van der Waals surface area contributed by atoms with Crippen molar-refractivity contribution in [1.29, 1.82) is 0 Å². The third-order valence-corrected chi connectivity index (χ3v) is 6.23. The summed E-state index contributed by atoms with van der Waals surface area (Å²) in [4.78, 5) is 41.1. The number of amides is 4. The molecule has 0 aliphatic carbocycles. The number of hydrogen-bond acceptors (Lipinski definition) is 5. The Hall–Kier alpha value is -3.81. The zero-order chi connectivity index (χ0) is 30.2. The molecule has 4 amide bonds. The smallest absolute Gasteiger partial charge is 0.417 e. The lowest BCUT2D eigenvalue weighted by atomic mass is 9.82. The van der Waals surface area contributed by atoms with Gasteiger partial charge < -0.3 is 9.64 Å². The summed E-state index contributed by atoms with van der Waals surface area (Å²) in [6.07, 6.45) is -9.42. The second-order valence-electron chi connectivity index (χ2n) is 9.09. The summed E-state index contributed by atoms with van der Waals surface area (Å²) >= 11 is 5.87. The topological polar surface area (TPSA) is 82.5 Å². The van der Waals surface area contributed by atoms with Gasteiger partial charge in [-0.2, -0.15) is 31.4 Å². The van der Waals surface area contributed by atoms with Crippen molar-refractivity contribution in [3.05, 3.63) is 64.2 Å². The van der Waals surface area contributed by atoms with Gasteiger partial charge in [-0.1, -0.05) is 17.7 Å². The van der Waals surface area contributed by atoms with Gasteiger partial charge in [0.05, 0.1) is 40.7 Å². The quantitative estimate of drug-likeness (QED) is 0.309. The Morgan fingerprint density at radius 2 is 1.62 bits per heavy atom. The molecule has 3 rings (SSSR count). The number of halogens is 7. The maximum Gasteiger partial charge on any atom is 0.417 e. The molecule has 15 heteroatoms. The number of nitrogens with zero attached hydrogens (tertiary/aromatic N) is 4. The number of imide groups is 1. The van der Waals surface area contributed by atoms with E-state index in [0.717, 1.165) is 34.2 Å². The molecule has 1 heterocycles. The number of ether oxygens (including phenoxy) is 1. The normalized spacial score (nSPS) is 17.4. The zero-order valence-electron chi connectivity index (χ0n) is 21.5. The van der Waals surface area contributed by atoms with Crippen molar-refractivity contribution in [2.75, 3.05) is 32.1 Å². The van der Waals surface area contributed by atoms with E-state index < -0.39 is 58.5 Å². The number of anilines is 1. The minimum atomic E-state index is -4.76. The van der Waals surface area contributed by atoms with Crippen LogP contribution in [0.15, 0.2) is 47.6 Å². The van der Waals surface area contributed by atoms with E-state index in [1.807, 2.05) is 0 Å². The molecule has 0 bridgehead atoms. The summed E-state index contributed by atoms with van der Waals surface area (Å²) in [5.74, 6) is -0.861. The van der Waals surface area contributed by atoms with Gasteiger partial charge in [-0.05, 0) is 50.2 Å². The molecule has 0 fully saturated rings. The molecule has 1 aliphatic rings. The van der Waals surface area contributed by atoms with Gasteiger partial charge in [-0.3, -0.25) is 4.79 Å². The standard InChI is InChI=1S/C25H23ClF6N4O4/c1-5-40-20(37)23(2)13-35(33-19(23)14-6-11-17(18(26)12-14)25(30,31)32)22(39)36(21(38)34(3)4)16-9-7-15(8-10-16)24(27,28)29/h6-12H,5,13H2,1-4H3. The average Bonchev–Trinajstić information content (AvgIpc) is 3.22. The predicted octanol–water partition coefficient (Wildman–Crippen LogP) is 6.27. The largest absolute Gasteiger partial charge is 0.465 e. The number of benzene rings is 2. The van der Waals surface area contributed by atoms with Crippen molar-refractivity contribution in [2.24, 2.45) is 10.5 Å². The monoisotopic (exact) mass is 592 g/mol. The van der Waals surface area contributed by atoms with Crippen LogP contribution < -0.4 is 4.90 Å². The molecule has 1 atom stereocenters. The van der Waals surface area contributed by atoms with Gasteiger partial charge in [0.1, 0.15) is 5.41 Å². The fourth-order valence-corrected chi connectivity index (χ4v) is 4.18. The molecule has 40 heavy (non-hydrogen) atoms. The van der Waals surface area contributed by atoms with E-state index in [-0.39, 0.29) is 23.6 Å². The highest BCUT2D eigenvalue weighted by Crippen LogP contribution is 2.39. The molecule has 0 saturated heterocycles. The van der Waals surface area contributed by atoms with Crippen LogP contribution in [-0.2, 0) is 21.9 Å². The maximum absolute atomic E-state index is 13.6. The second kappa shape index (κ2) is 11.0. The van der Waals surface area contributed by atoms with E-state index in [9.17, 15) is 40.7 Å². The van der Waals surface area contributed by atoms with E-state index in [1.54, 1.807) is 0 Å². The van der Waals surface area contributed by atoms with Crippen molar-refractivity contribution in [3.8, 4) is 0 Å². The molecule has 2 aromatic rings. The van der Waals surface area contributed by atoms with Crippen LogP contribution in [0.2, 0.25) is 5.02 Å². The van der Waals surface area contributed by atoms with Crippen molar-refractivity contribution >= 4 is 41.0 Å². The molecule has 2 aromatic carbocycles. The van der Waals surface area contributed by atoms with Crippen molar-refractivity contribution in [2.45, 2.75) is 26.2 Å². The van der Waals surface area contributed by atoms with E-state index in [4.69, 9.17) is 16.3 Å². The van der Waals surface area contributed by atoms with Gasteiger partial charge in [0.25, 0.3) is 0 Å². The molecule has 0 N–H and O–H groups in total. The molecule has 0 saturated carbocycles. The molecule has 1 aliphatic heterocycles. The molecule has 1 unspecified atom stereocenters. The maximum atomic E-state index is 13.6. The summed E-state index contributed by atoms with van der Waals surface area (Å²) < 4.78 is 84.0. The SMILES string of the molecule is CCOC(=O)C1(C)CN(C(=O)N(C(=O)N(C)C)c2ccc(C(F)(F)F)cc2)N=C1c1ccc(C(F)(F)F)c(Cl)c1. The Balaban J connectivity index is 2.11. The predicted molar refractivity (Wildman–Crippen MR) is 133 cm³/mol. The highest BCUT2D eigenvalue weighted by Gasteiger charge is 2.50. The van der Waals surface area contributed by atoms with Crippen molar-refractivity contribution in [3.63, 3.8) is 0 Å². The van der Waals surface area contributed by atoms with Crippen molar-refractivity contribution in [1.82, 2.24) is 9.91 Å². The minimum absolute atomic E-state index is 0.0242. The van der Waals surface area contributed by atoms with Crippen LogP contribution in [0, 0.1) is 5.41 Å². The lowest BCUT2D eigenvalue weighted by Crippen LogP contribution is -2.50. The Morgan fingerprint density at radius 3 is 2.10 bits per heavy atom. The fourth-order valence-electron chi connectivity index (χ4n) is 3.89. The average molecular weight is 593 g/mol. The summed E-state index contributed by atoms with van der Waals surface area (Å²) in [6.45, 7) is 2.29. The van der Waals surface area contributed by atoms with Crippen LogP contribution in [0.4, 0.5) is 41.6 Å². The van der Waals surface area contributed by atoms with Gasteiger partial charge in [0.2, 0.25) is 0 Å². The van der Waals surface area contributed by atoms with Crippen LogP contribution in [0.1, 0.15) is 30.5 Å². The summed E-state index contributed by atoms with van der Waals surface area (Å²) in [7, 11) is 2.61. The summed E-state index contributed by atoms with van der Waals surface area (Å²) in [5, 5.41) is 4.20. The van der Waals surface area contributed by atoms with E-state index in [0.29, 0.717) is 23.1 Å². The molecule has 0 spiro atoms. The molecular formula is C25H23ClF6N4O4. The number of carbonyl (C=O) groups excluding carboxylic acids is 3. The highest BCUT2D eigenvalue weighted by molar-refractivity contribution is 6.32. The first-order chi connectivity index (χ1) is 18.4. The second-order valence-corrected chi connectivity index (χ2v) is 9.50. The highest BCUT2D eigenvalue weighted by atomic mass is 35.5. The van der Waals surface area contributed by atoms with Gasteiger partial charge in [-0.15, -0.1) is 0 Å². The minimum Gasteiger partial charge on any atom is -0.465 e. The molecule has 8 nitrogen and oxygen atoms in total. The number of hydrogen-bond donors (Lipinski definition) is 0. The van der Waals surface area contributed by atoms with Gasteiger partial charge in [0.15, 0.2) is 0 Å². The van der Waals surface area contributed by atoms with E-state index in [1.165, 1.54) is 27.9 Å². The van der Waals surface area contributed by atoms with Crippen LogP contribution >= 0.6 is 11.6 Å².